The first-order valence-electron chi connectivity index (χ1n) is 6.51. The van der Waals surface area contributed by atoms with Gasteiger partial charge in [-0.15, -0.1) is 0 Å². The second-order valence-electron chi connectivity index (χ2n) is 5.30. The fraction of sp³-hybridized carbons (Fsp3) is 0.571. The molecule has 0 saturated carbocycles. The second-order valence-corrected chi connectivity index (χ2v) is 5.30. The van der Waals surface area contributed by atoms with Gasteiger partial charge in [-0.05, 0) is 45.7 Å². The van der Waals surface area contributed by atoms with E-state index < -0.39 is 5.60 Å². The number of carbonyl (C=O) groups excluding carboxylic acids is 1. The molecule has 1 aromatic rings. The van der Waals surface area contributed by atoms with Crippen molar-refractivity contribution in [3.05, 3.63) is 23.9 Å². The number of anilines is 1. The lowest BCUT2D eigenvalue weighted by atomic mass is 10.2. The van der Waals surface area contributed by atoms with Gasteiger partial charge in [0.2, 0.25) is 0 Å². The van der Waals surface area contributed by atoms with Gasteiger partial charge >= 0.3 is 6.09 Å². The van der Waals surface area contributed by atoms with E-state index in [1.54, 1.807) is 0 Å². The maximum Gasteiger partial charge on any atom is 0.407 e. The first-order chi connectivity index (χ1) is 8.90. The molecule has 2 N–H and O–H groups in total. The number of rotatable bonds is 5. The minimum absolute atomic E-state index is 0.371. The van der Waals surface area contributed by atoms with Crippen LogP contribution in [0.1, 0.15) is 32.9 Å². The Morgan fingerprint density at radius 1 is 1.37 bits per heavy atom. The number of hydrogen-bond donors (Lipinski definition) is 2. The smallest absolute Gasteiger partial charge is 0.407 e. The van der Waals surface area contributed by atoms with E-state index >= 15 is 0 Å². The molecule has 0 atom stereocenters. The molecule has 5 nitrogen and oxygen atoms in total. The summed E-state index contributed by atoms with van der Waals surface area (Å²) < 4.78 is 5.15. The van der Waals surface area contributed by atoms with E-state index in [0.29, 0.717) is 6.54 Å². The Bertz CT molecular complexity index is 413. The molecule has 1 aromatic heterocycles. The molecule has 1 amide bonds. The summed E-state index contributed by atoms with van der Waals surface area (Å²) in [6, 6.07) is 5.87. The van der Waals surface area contributed by atoms with Crippen molar-refractivity contribution in [3.63, 3.8) is 0 Å². The van der Waals surface area contributed by atoms with Crippen LogP contribution in [0.2, 0.25) is 0 Å². The predicted octanol–water partition coefficient (Wildman–Crippen LogP) is 2.58. The van der Waals surface area contributed by atoms with Gasteiger partial charge in [0.05, 0.1) is 0 Å². The van der Waals surface area contributed by atoms with Crippen LogP contribution < -0.4 is 10.6 Å². The van der Waals surface area contributed by atoms with Gasteiger partial charge in [0, 0.05) is 19.3 Å². The van der Waals surface area contributed by atoms with Gasteiger partial charge in [-0.3, -0.25) is 0 Å². The van der Waals surface area contributed by atoms with E-state index in [1.165, 1.54) is 0 Å². The average molecular weight is 265 g/mol. The van der Waals surface area contributed by atoms with Crippen LogP contribution in [0.4, 0.5) is 10.6 Å². The van der Waals surface area contributed by atoms with Crippen LogP contribution >= 0.6 is 0 Å². The minimum atomic E-state index is -0.452. The third-order valence-electron chi connectivity index (χ3n) is 2.34. The maximum atomic E-state index is 11.4. The number of aromatic nitrogens is 1. The summed E-state index contributed by atoms with van der Waals surface area (Å²) in [6.07, 6.45) is 1.29. The van der Waals surface area contributed by atoms with Gasteiger partial charge in [0.25, 0.3) is 0 Å². The first-order valence-corrected chi connectivity index (χ1v) is 6.51. The van der Waals surface area contributed by atoms with E-state index in [4.69, 9.17) is 4.74 Å². The standard InChI is InChI=1S/C14H23N3O2/c1-14(2,3)19-13(18)16-10-6-8-11-7-5-9-12(15-4)17-11/h5,7,9H,6,8,10H2,1-4H3,(H,15,17)(H,16,18). The van der Waals surface area contributed by atoms with Crippen molar-refractivity contribution >= 4 is 11.9 Å². The Balaban J connectivity index is 2.25. The molecule has 1 rings (SSSR count). The van der Waals surface area contributed by atoms with Gasteiger partial charge in [-0.1, -0.05) is 6.07 Å². The Morgan fingerprint density at radius 2 is 2.11 bits per heavy atom. The molecule has 0 aromatic carbocycles. The number of carbonyl (C=O) groups is 1. The summed E-state index contributed by atoms with van der Waals surface area (Å²) in [7, 11) is 1.84. The van der Waals surface area contributed by atoms with Gasteiger partial charge < -0.3 is 15.4 Å². The molecule has 0 unspecified atom stereocenters. The Labute approximate surface area is 114 Å². The summed E-state index contributed by atoms with van der Waals surface area (Å²) in [4.78, 5) is 15.8. The zero-order valence-electron chi connectivity index (χ0n) is 12.1. The summed E-state index contributed by atoms with van der Waals surface area (Å²) >= 11 is 0. The lowest BCUT2D eigenvalue weighted by Gasteiger charge is -2.19. The zero-order valence-corrected chi connectivity index (χ0v) is 12.1. The van der Waals surface area contributed by atoms with Crippen molar-refractivity contribution in [2.45, 2.75) is 39.2 Å². The Kier molecular flexibility index (Phi) is 5.60. The third kappa shape index (κ3) is 6.64. The van der Waals surface area contributed by atoms with E-state index in [0.717, 1.165) is 24.4 Å². The molecule has 106 valence electrons. The monoisotopic (exact) mass is 265 g/mol. The minimum Gasteiger partial charge on any atom is -0.444 e. The number of pyridine rings is 1. The highest BCUT2D eigenvalue weighted by molar-refractivity contribution is 5.67. The Hall–Kier alpha value is -1.78. The number of hydrogen-bond acceptors (Lipinski definition) is 4. The molecule has 0 radical (unpaired) electrons. The average Bonchev–Trinajstić information content (AvgIpc) is 2.33. The summed E-state index contributed by atoms with van der Waals surface area (Å²) in [5.74, 6) is 0.859. The van der Waals surface area contributed by atoms with Crippen molar-refractivity contribution in [1.29, 1.82) is 0 Å². The first kappa shape index (κ1) is 15.3. The van der Waals surface area contributed by atoms with Crippen LogP contribution in [0.15, 0.2) is 18.2 Å². The van der Waals surface area contributed by atoms with E-state index in [1.807, 2.05) is 46.0 Å². The van der Waals surface area contributed by atoms with Crippen LogP contribution in [0.25, 0.3) is 0 Å². The molecule has 0 spiro atoms. The lowest BCUT2D eigenvalue weighted by Crippen LogP contribution is -2.33. The fourth-order valence-corrected chi connectivity index (χ4v) is 1.53. The predicted molar refractivity (Wildman–Crippen MR) is 76.3 cm³/mol. The topological polar surface area (TPSA) is 63.2 Å². The SMILES string of the molecule is CNc1cccc(CCCNC(=O)OC(C)(C)C)n1. The normalized spacial score (nSPS) is 10.9. The largest absolute Gasteiger partial charge is 0.444 e. The molecule has 5 heteroatoms. The lowest BCUT2D eigenvalue weighted by molar-refractivity contribution is 0.0527. The third-order valence-corrected chi connectivity index (χ3v) is 2.34. The number of amides is 1. The molecular weight excluding hydrogens is 242 g/mol. The van der Waals surface area contributed by atoms with Gasteiger partial charge in [0.1, 0.15) is 11.4 Å². The van der Waals surface area contributed by atoms with E-state index in [2.05, 4.69) is 15.6 Å². The summed E-state index contributed by atoms with van der Waals surface area (Å²) in [5, 5.41) is 5.73. The number of aryl methyl sites for hydroxylation is 1. The second kappa shape index (κ2) is 6.97. The quantitative estimate of drug-likeness (QED) is 0.803. The summed E-state index contributed by atoms with van der Waals surface area (Å²) in [5.41, 5.74) is 0.560. The van der Waals surface area contributed by atoms with Crippen LogP contribution in [0.5, 0.6) is 0 Å². The van der Waals surface area contributed by atoms with Crippen LogP contribution in [-0.2, 0) is 11.2 Å². The maximum absolute atomic E-state index is 11.4. The van der Waals surface area contributed by atoms with Gasteiger partial charge in [0.15, 0.2) is 0 Å². The number of nitrogens with one attached hydrogen (secondary N) is 2. The summed E-state index contributed by atoms with van der Waals surface area (Å²) in [6.45, 7) is 6.12. The van der Waals surface area contributed by atoms with Crippen molar-refractivity contribution < 1.29 is 9.53 Å². The molecule has 0 aliphatic carbocycles. The highest BCUT2D eigenvalue weighted by Gasteiger charge is 2.15. The van der Waals surface area contributed by atoms with Gasteiger partial charge in [-0.2, -0.15) is 0 Å². The molecule has 0 saturated heterocycles. The van der Waals surface area contributed by atoms with Crippen molar-refractivity contribution in [2.24, 2.45) is 0 Å². The van der Waals surface area contributed by atoms with E-state index in [-0.39, 0.29) is 6.09 Å². The number of nitrogens with zero attached hydrogens (tertiary/aromatic N) is 1. The van der Waals surface area contributed by atoms with Crippen LogP contribution in [0.3, 0.4) is 0 Å². The van der Waals surface area contributed by atoms with Crippen LogP contribution in [-0.4, -0.2) is 30.3 Å². The molecular formula is C14H23N3O2. The van der Waals surface area contributed by atoms with Crippen LogP contribution in [0, 0.1) is 0 Å². The van der Waals surface area contributed by atoms with Crippen molar-refractivity contribution in [1.82, 2.24) is 10.3 Å². The number of alkyl carbamates (subject to hydrolysis) is 1. The van der Waals surface area contributed by atoms with Gasteiger partial charge in [-0.25, -0.2) is 9.78 Å². The number of ether oxygens (including phenoxy) is 1. The molecule has 0 aliphatic rings. The zero-order chi connectivity index (χ0) is 14.3. The molecule has 0 bridgehead atoms. The molecule has 0 fully saturated rings. The highest BCUT2D eigenvalue weighted by Crippen LogP contribution is 2.07. The van der Waals surface area contributed by atoms with Crippen molar-refractivity contribution in [2.75, 3.05) is 18.9 Å². The van der Waals surface area contributed by atoms with Crippen molar-refractivity contribution in [3.8, 4) is 0 Å². The Morgan fingerprint density at radius 3 is 2.74 bits per heavy atom. The molecule has 0 aliphatic heterocycles. The molecule has 1 heterocycles. The molecule has 19 heavy (non-hydrogen) atoms. The fourth-order valence-electron chi connectivity index (χ4n) is 1.53. The highest BCUT2D eigenvalue weighted by atomic mass is 16.6. The van der Waals surface area contributed by atoms with E-state index in [9.17, 15) is 4.79 Å².